The Morgan fingerprint density at radius 3 is 2.95 bits per heavy atom. The first kappa shape index (κ1) is 14.8. The Kier molecular flexibility index (Phi) is 5.20. The number of halogens is 2. The van der Waals surface area contributed by atoms with Crippen LogP contribution in [-0.4, -0.2) is 24.0 Å². The van der Waals surface area contributed by atoms with Gasteiger partial charge in [-0.1, -0.05) is 36.6 Å². The van der Waals surface area contributed by atoms with E-state index in [0.29, 0.717) is 18.2 Å². The fraction of sp³-hybridized carbons (Fsp3) is 0.600. The molecule has 0 bridgehead atoms. The van der Waals surface area contributed by atoms with E-state index in [-0.39, 0.29) is 16.9 Å². The minimum absolute atomic E-state index is 0.0770. The molecule has 1 saturated heterocycles. The smallest absolute Gasteiger partial charge is 0.146 e. The first-order chi connectivity index (χ1) is 9.15. The lowest BCUT2D eigenvalue weighted by Gasteiger charge is -2.35. The minimum atomic E-state index is -0.323. The Balaban J connectivity index is 2.30. The molecule has 2 unspecified atom stereocenters. The molecule has 19 heavy (non-hydrogen) atoms. The molecule has 0 aromatic heterocycles. The van der Waals surface area contributed by atoms with Gasteiger partial charge in [0.2, 0.25) is 0 Å². The summed E-state index contributed by atoms with van der Waals surface area (Å²) in [5, 5.41) is 0.179. The van der Waals surface area contributed by atoms with Gasteiger partial charge in [0.25, 0.3) is 0 Å². The van der Waals surface area contributed by atoms with Crippen molar-refractivity contribution >= 4 is 11.6 Å². The van der Waals surface area contributed by atoms with Crippen molar-refractivity contribution in [3.63, 3.8) is 0 Å². The van der Waals surface area contributed by atoms with Gasteiger partial charge >= 0.3 is 0 Å². The first-order valence-electron chi connectivity index (χ1n) is 7.05. The number of benzene rings is 1. The molecule has 1 aliphatic rings. The lowest BCUT2D eigenvalue weighted by atomic mass is 10.0. The van der Waals surface area contributed by atoms with E-state index in [4.69, 9.17) is 17.3 Å². The number of likely N-dealkylation sites (tertiary alicyclic amines) is 1. The van der Waals surface area contributed by atoms with Crippen LogP contribution < -0.4 is 5.73 Å². The largest absolute Gasteiger partial charge is 0.329 e. The van der Waals surface area contributed by atoms with Crippen LogP contribution in [0.1, 0.15) is 44.2 Å². The summed E-state index contributed by atoms with van der Waals surface area (Å²) in [6.07, 6.45) is 4.80. The number of nitrogens with zero attached hydrogens (tertiary/aromatic N) is 1. The van der Waals surface area contributed by atoms with E-state index in [2.05, 4.69) is 11.8 Å². The highest BCUT2D eigenvalue weighted by Crippen LogP contribution is 2.31. The van der Waals surface area contributed by atoms with E-state index in [1.807, 2.05) is 0 Å². The molecule has 2 nitrogen and oxygen atoms in total. The Labute approximate surface area is 119 Å². The van der Waals surface area contributed by atoms with E-state index in [0.717, 1.165) is 19.4 Å². The molecule has 2 N–H and O–H groups in total. The lowest BCUT2D eigenvalue weighted by Crippen LogP contribution is -2.40. The molecule has 1 heterocycles. The monoisotopic (exact) mass is 284 g/mol. The predicted molar refractivity (Wildman–Crippen MR) is 77.8 cm³/mol. The summed E-state index contributed by atoms with van der Waals surface area (Å²) >= 11 is 5.89. The van der Waals surface area contributed by atoms with Crippen LogP contribution in [0.4, 0.5) is 4.39 Å². The summed E-state index contributed by atoms with van der Waals surface area (Å²) in [5.74, 6) is -0.323. The van der Waals surface area contributed by atoms with Gasteiger partial charge in [-0.15, -0.1) is 0 Å². The topological polar surface area (TPSA) is 29.3 Å². The highest BCUT2D eigenvalue weighted by Gasteiger charge is 2.27. The standard InChI is InChI=1S/C15H22ClFN2/c1-11-6-3-2-4-9-19(11)14(10-18)12-7-5-8-13(16)15(12)17/h5,7-8,11,14H,2-4,6,9-10,18H2,1H3. The van der Waals surface area contributed by atoms with Gasteiger partial charge in [-0.3, -0.25) is 4.90 Å². The molecule has 106 valence electrons. The van der Waals surface area contributed by atoms with Crippen molar-refractivity contribution in [3.05, 3.63) is 34.6 Å². The molecule has 0 saturated carbocycles. The highest BCUT2D eigenvalue weighted by atomic mass is 35.5. The van der Waals surface area contributed by atoms with Crippen molar-refractivity contribution in [3.8, 4) is 0 Å². The van der Waals surface area contributed by atoms with Crippen LogP contribution in [0.3, 0.4) is 0 Å². The fourth-order valence-corrected chi connectivity index (χ4v) is 3.16. The van der Waals surface area contributed by atoms with E-state index >= 15 is 0 Å². The van der Waals surface area contributed by atoms with Gasteiger partial charge in [-0.2, -0.15) is 0 Å². The molecule has 0 amide bonds. The van der Waals surface area contributed by atoms with Crippen LogP contribution in [0.5, 0.6) is 0 Å². The van der Waals surface area contributed by atoms with Crippen molar-refractivity contribution in [1.82, 2.24) is 4.90 Å². The Morgan fingerprint density at radius 1 is 1.42 bits per heavy atom. The van der Waals surface area contributed by atoms with Crippen LogP contribution in [0.15, 0.2) is 18.2 Å². The second-order valence-corrected chi connectivity index (χ2v) is 5.74. The van der Waals surface area contributed by atoms with Crippen molar-refractivity contribution in [1.29, 1.82) is 0 Å². The zero-order valence-corrected chi connectivity index (χ0v) is 12.2. The Bertz CT molecular complexity index is 425. The molecule has 1 fully saturated rings. The van der Waals surface area contributed by atoms with Crippen LogP contribution >= 0.6 is 11.6 Å². The molecule has 0 radical (unpaired) electrons. The van der Waals surface area contributed by atoms with Crippen molar-refractivity contribution < 1.29 is 4.39 Å². The third kappa shape index (κ3) is 3.28. The zero-order chi connectivity index (χ0) is 13.8. The second kappa shape index (κ2) is 6.69. The summed E-state index contributed by atoms with van der Waals surface area (Å²) < 4.78 is 14.2. The maximum Gasteiger partial charge on any atom is 0.146 e. The van der Waals surface area contributed by atoms with Gasteiger partial charge in [-0.05, 0) is 32.4 Å². The number of rotatable bonds is 3. The molecule has 1 aromatic rings. The van der Waals surface area contributed by atoms with Crippen LogP contribution in [-0.2, 0) is 0 Å². The van der Waals surface area contributed by atoms with Crippen molar-refractivity contribution in [2.24, 2.45) is 5.73 Å². The van der Waals surface area contributed by atoms with Gasteiger partial charge < -0.3 is 5.73 Å². The van der Waals surface area contributed by atoms with Crippen molar-refractivity contribution in [2.45, 2.75) is 44.7 Å². The molecule has 0 spiro atoms. The summed E-state index contributed by atoms with van der Waals surface area (Å²) in [4.78, 5) is 2.34. The normalized spacial score (nSPS) is 23.1. The highest BCUT2D eigenvalue weighted by molar-refractivity contribution is 6.30. The summed E-state index contributed by atoms with van der Waals surface area (Å²) in [5.41, 5.74) is 6.54. The van der Waals surface area contributed by atoms with Gasteiger partial charge in [-0.25, -0.2) is 4.39 Å². The van der Waals surface area contributed by atoms with Crippen LogP contribution in [0.25, 0.3) is 0 Å². The Hall–Kier alpha value is -0.640. The third-order valence-corrected chi connectivity index (χ3v) is 4.36. The molecule has 0 aliphatic carbocycles. The summed E-state index contributed by atoms with van der Waals surface area (Å²) in [6.45, 7) is 3.60. The van der Waals surface area contributed by atoms with E-state index in [9.17, 15) is 4.39 Å². The zero-order valence-electron chi connectivity index (χ0n) is 11.4. The fourth-order valence-electron chi connectivity index (χ4n) is 2.98. The van der Waals surface area contributed by atoms with Gasteiger partial charge in [0.15, 0.2) is 0 Å². The quantitative estimate of drug-likeness (QED) is 0.916. The molecule has 2 rings (SSSR count). The molecular formula is C15H22ClFN2. The average molecular weight is 285 g/mol. The van der Waals surface area contributed by atoms with Gasteiger partial charge in [0, 0.05) is 18.2 Å². The lowest BCUT2D eigenvalue weighted by molar-refractivity contribution is 0.148. The first-order valence-corrected chi connectivity index (χ1v) is 7.42. The second-order valence-electron chi connectivity index (χ2n) is 5.33. The molecular weight excluding hydrogens is 263 g/mol. The van der Waals surface area contributed by atoms with Gasteiger partial charge in [0.1, 0.15) is 5.82 Å². The van der Waals surface area contributed by atoms with Crippen molar-refractivity contribution in [2.75, 3.05) is 13.1 Å². The molecule has 4 heteroatoms. The summed E-state index contributed by atoms with van der Waals surface area (Å²) in [7, 11) is 0. The van der Waals surface area contributed by atoms with Gasteiger partial charge in [0.05, 0.1) is 11.1 Å². The SMILES string of the molecule is CC1CCCCCN1C(CN)c1cccc(Cl)c1F. The average Bonchev–Trinajstić information content (AvgIpc) is 2.61. The predicted octanol–water partition coefficient (Wildman–Crippen LogP) is 3.74. The minimum Gasteiger partial charge on any atom is -0.329 e. The number of hydrogen-bond acceptors (Lipinski definition) is 2. The molecule has 1 aliphatic heterocycles. The number of nitrogens with two attached hydrogens (primary N) is 1. The number of hydrogen-bond donors (Lipinski definition) is 1. The van der Waals surface area contributed by atoms with E-state index in [1.165, 1.54) is 12.8 Å². The van der Waals surface area contributed by atoms with E-state index in [1.54, 1.807) is 18.2 Å². The maximum absolute atomic E-state index is 14.2. The van der Waals surface area contributed by atoms with Crippen LogP contribution in [0, 0.1) is 5.82 Å². The molecule has 2 atom stereocenters. The third-order valence-electron chi connectivity index (χ3n) is 4.07. The summed E-state index contributed by atoms with van der Waals surface area (Å²) in [6, 6.07) is 5.54. The molecule has 1 aromatic carbocycles. The van der Waals surface area contributed by atoms with Crippen LogP contribution in [0.2, 0.25) is 5.02 Å². The van der Waals surface area contributed by atoms with E-state index < -0.39 is 0 Å². The Morgan fingerprint density at radius 2 is 2.21 bits per heavy atom. The maximum atomic E-state index is 14.2.